The molecule has 2 aliphatic rings. The minimum absolute atomic E-state index is 0.407. The zero-order valence-corrected chi connectivity index (χ0v) is 9.84. The lowest BCUT2D eigenvalue weighted by atomic mass is 9.72. The molecule has 1 aliphatic heterocycles. The van der Waals surface area contributed by atoms with E-state index in [4.69, 9.17) is 0 Å². The van der Waals surface area contributed by atoms with Crippen LogP contribution < -0.4 is 5.32 Å². The second kappa shape index (κ2) is 3.16. The van der Waals surface area contributed by atoms with Crippen LogP contribution in [-0.4, -0.2) is 16.7 Å². The lowest BCUT2D eigenvalue weighted by molar-refractivity contribution is 0.148. The van der Waals surface area contributed by atoms with Crippen LogP contribution in [0.4, 0.5) is 0 Å². The molecule has 0 aromatic heterocycles. The predicted molar refractivity (Wildman–Crippen MR) is 60.0 cm³/mol. The molecule has 2 rings (SSSR count). The maximum absolute atomic E-state index is 3.77. The van der Waals surface area contributed by atoms with E-state index >= 15 is 0 Å². The summed E-state index contributed by atoms with van der Waals surface area (Å²) in [5, 5.41) is 4.58. The zero-order valence-electron chi connectivity index (χ0n) is 9.02. The summed E-state index contributed by atoms with van der Waals surface area (Å²) in [6, 6.07) is 0. The molecule has 13 heavy (non-hydrogen) atoms. The fourth-order valence-corrected chi connectivity index (χ4v) is 4.47. The van der Waals surface area contributed by atoms with Crippen molar-refractivity contribution in [2.24, 2.45) is 5.41 Å². The van der Waals surface area contributed by atoms with E-state index < -0.39 is 0 Å². The minimum Gasteiger partial charge on any atom is -0.301 e. The van der Waals surface area contributed by atoms with E-state index in [1.807, 2.05) is 0 Å². The van der Waals surface area contributed by atoms with Gasteiger partial charge in [0.25, 0.3) is 0 Å². The summed E-state index contributed by atoms with van der Waals surface area (Å²) in [7, 11) is 0. The van der Waals surface area contributed by atoms with Crippen LogP contribution in [-0.2, 0) is 0 Å². The second-order valence-corrected chi connectivity index (χ2v) is 6.96. The Kier molecular flexibility index (Phi) is 2.40. The van der Waals surface area contributed by atoms with Gasteiger partial charge < -0.3 is 5.32 Å². The van der Waals surface area contributed by atoms with Crippen LogP contribution in [0.1, 0.15) is 46.5 Å². The molecule has 0 amide bonds. The number of hydrogen-bond acceptors (Lipinski definition) is 2. The van der Waals surface area contributed by atoms with Crippen molar-refractivity contribution in [3.63, 3.8) is 0 Å². The number of rotatable bonds is 0. The summed E-state index contributed by atoms with van der Waals surface area (Å²) in [6.07, 6.45) is 5.59. The fourth-order valence-electron chi connectivity index (χ4n) is 2.76. The first-order valence-corrected chi connectivity index (χ1v) is 6.37. The highest BCUT2D eigenvalue weighted by Crippen LogP contribution is 2.53. The number of hydrogen-bond donors (Lipinski definition) is 1. The molecule has 1 heterocycles. The predicted octanol–water partition coefficient (Wildman–Crippen LogP) is 3.01. The van der Waals surface area contributed by atoms with Crippen molar-refractivity contribution in [1.82, 2.24) is 5.32 Å². The van der Waals surface area contributed by atoms with Gasteiger partial charge in [0.15, 0.2) is 0 Å². The largest absolute Gasteiger partial charge is 0.301 e. The summed E-state index contributed by atoms with van der Waals surface area (Å²) in [4.78, 5) is 0.407. The molecule has 1 saturated heterocycles. The topological polar surface area (TPSA) is 12.0 Å². The molecule has 0 aromatic carbocycles. The van der Waals surface area contributed by atoms with E-state index in [0.717, 1.165) is 5.25 Å². The van der Waals surface area contributed by atoms with E-state index in [1.165, 1.54) is 32.2 Å². The number of thioether (sulfide) groups is 1. The number of nitrogens with one attached hydrogen (secondary N) is 1. The van der Waals surface area contributed by atoms with Gasteiger partial charge >= 0.3 is 0 Å². The molecular formula is C11H21NS. The Bertz CT molecular complexity index is 198. The van der Waals surface area contributed by atoms with Crippen molar-refractivity contribution in [2.75, 3.05) is 6.54 Å². The Morgan fingerprint density at radius 2 is 1.92 bits per heavy atom. The highest BCUT2D eigenvalue weighted by Gasteiger charge is 2.50. The minimum atomic E-state index is 0.407. The van der Waals surface area contributed by atoms with Gasteiger partial charge in [-0.2, -0.15) is 0 Å². The molecule has 1 nitrogen and oxygen atoms in total. The zero-order chi connectivity index (χ0) is 9.53. The van der Waals surface area contributed by atoms with Gasteiger partial charge in [-0.05, 0) is 18.3 Å². The molecule has 2 unspecified atom stereocenters. The van der Waals surface area contributed by atoms with Gasteiger partial charge in [0.05, 0.1) is 4.87 Å². The standard InChI is InChI=1S/C11H21NS/c1-9-8-12-11(13-9)7-5-4-6-10(11,2)3/h9,12H,4-8H2,1-3H3. The van der Waals surface area contributed by atoms with Crippen molar-refractivity contribution in [2.45, 2.75) is 56.6 Å². The van der Waals surface area contributed by atoms with E-state index in [2.05, 4.69) is 37.8 Å². The third-order valence-corrected chi connectivity index (χ3v) is 5.62. The van der Waals surface area contributed by atoms with Gasteiger partial charge in [0.2, 0.25) is 0 Å². The normalized spacial score (nSPS) is 44.1. The molecule has 1 spiro atoms. The molecule has 76 valence electrons. The highest BCUT2D eigenvalue weighted by atomic mass is 32.2. The van der Waals surface area contributed by atoms with Crippen LogP contribution in [0.2, 0.25) is 0 Å². The summed E-state index contributed by atoms with van der Waals surface area (Å²) >= 11 is 2.18. The SMILES string of the molecule is CC1CNC2(CCCCC2(C)C)S1. The molecule has 2 fully saturated rings. The van der Waals surface area contributed by atoms with Crippen LogP contribution in [0.15, 0.2) is 0 Å². The van der Waals surface area contributed by atoms with E-state index in [1.54, 1.807) is 0 Å². The Morgan fingerprint density at radius 1 is 1.23 bits per heavy atom. The summed E-state index contributed by atoms with van der Waals surface area (Å²) in [5.74, 6) is 0. The van der Waals surface area contributed by atoms with Crippen LogP contribution in [0.25, 0.3) is 0 Å². The third kappa shape index (κ3) is 1.52. The third-order valence-electron chi connectivity index (χ3n) is 3.75. The molecule has 0 aromatic rings. The van der Waals surface area contributed by atoms with Crippen molar-refractivity contribution in [1.29, 1.82) is 0 Å². The summed E-state index contributed by atoms with van der Waals surface area (Å²) < 4.78 is 0. The van der Waals surface area contributed by atoms with Gasteiger partial charge in [-0.3, -0.25) is 0 Å². The maximum Gasteiger partial charge on any atom is 0.0700 e. The molecular weight excluding hydrogens is 178 g/mol. The van der Waals surface area contributed by atoms with Crippen molar-refractivity contribution in [3.05, 3.63) is 0 Å². The average molecular weight is 199 g/mol. The van der Waals surface area contributed by atoms with E-state index in [-0.39, 0.29) is 0 Å². The Labute approximate surface area is 86.0 Å². The van der Waals surface area contributed by atoms with Gasteiger partial charge in [0.1, 0.15) is 0 Å². The fraction of sp³-hybridized carbons (Fsp3) is 1.00. The van der Waals surface area contributed by atoms with Crippen molar-refractivity contribution >= 4 is 11.8 Å². The Hall–Kier alpha value is 0.310. The average Bonchev–Trinajstić information content (AvgIpc) is 2.41. The lowest BCUT2D eigenvalue weighted by Gasteiger charge is -2.47. The molecule has 1 aliphatic carbocycles. The molecule has 0 bridgehead atoms. The molecule has 1 saturated carbocycles. The quantitative estimate of drug-likeness (QED) is 0.643. The van der Waals surface area contributed by atoms with Gasteiger partial charge in [-0.25, -0.2) is 0 Å². The van der Waals surface area contributed by atoms with Crippen molar-refractivity contribution in [3.8, 4) is 0 Å². The van der Waals surface area contributed by atoms with Crippen molar-refractivity contribution < 1.29 is 0 Å². The molecule has 2 heteroatoms. The van der Waals surface area contributed by atoms with Crippen LogP contribution in [0.5, 0.6) is 0 Å². The molecule has 1 N–H and O–H groups in total. The van der Waals surface area contributed by atoms with Gasteiger partial charge in [0, 0.05) is 11.8 Å². The Balaban J connectivity index is 2.19. The first-order valence-electron chi connectivity index (χ1n) is 5.49. The summed E-state index contributed by atoms with van der Waals surface area (Å²) in [6.45, 7) is 8.42. The molecule has 2 atom stereocenters. The summed E-state index contributed by atoms with van der Waals surface area (Å²) in [5.41, 5.74) is 0.487. The van der Waals surface area contributed by atoms with E-state index in [0.29, 0.717) is 10.3 Å². The van der Waals surface area contributed by atoms with Crippen LogP contribution in [0, 0.1) is 5.41 Å². The maximum atomic E-state index is 3.77. The lowest BCUT2D eigenvalue weighted by Crippen LogP contribution is -2.51. The first-order chi connectivity index (χ1) is 6.06. The van der Waals surface area contributed by atoms with Crippen LogP contribution in [0.3, 0.4) is 0 Å². The smallest absolute Gasteiger partial charge is 0.0700 e. The van der Waals surface area contributed by atoms with E-state index in [9.17, 15) is 0 Å². The monoisotopic (exact) mass is 199 g/mol. The van der Waals surface area contributed by atoms with Crippen LogP contribution >= 0.6 is 11.8 Å². The Morgan fingerprint density at radius 3 is 2.46 bits per heavy atom. The van der Waals surface area contributed by atoms with Gasteiger partial charge in [-0.15, -0.1) is 11.8 Å². The first kappa shape index (κ1) is 9.85. The van der Waals surface area contributed by atoms with Gasteiger partial charge in [-0.1, -0.05) is 33.6 Å². The second-order valence-electron chi connectivity index (χ2n) is 5.23. The highest BCUT2D eigenvalue weighted by molar-refractivity contribution is 8.01. The molecule has 0 radical (unpaired) electrons.